The zero-order valence-electron chi connectivity index (χ0n) is 11.6. The molecule has 1 aliphatic carbocycles. The number of hydrogen-bond acceptors (Lipinski definition) is 5. The predicted molar refractivity (Wildman–Crippen MR) is 70.7 cm³/mol. The molecule has 5 nitrogen and oxygen atoms in total. The van der Waals surface area contributed by atoms with E-state index in [1.807, 2.05) is 0 Å². The van der Waals surface area contributed by atoms with Crippen molar-refractivity contribution < 1.29 is 9.26 Å². The van der Waals surface area contributed by atoms with Gasteiger partial charge in [0.05, 0.1) is 0 Å². The molecule has 1 saturated carbocycles. The number of piperidine rings is 1. The molecule has 0 spiro atoms. The molecule has 1 aliphatic heterocycles. The summed E-state index contributed by atoms with van der Waals surface area (Å²) < 4.78 is 10.8. The molecule has 3 rings (SSSR count). The van der Waals surface area contributed by atoms with E-state index in [2.05, 4.69) is 15.5 Å². The van der Waals surface area contributed by atoms with Crippen LogP contribution < -0.4 is 5.32 Å². The largest absolute Gasteiger partial charge is 0.373 e. The topological polar surface area (TPSA) is 60.2 Å². The first kappa shape index (κ1) is 13.1. The number of nitrogens with zero attached hydrogens (tertiary/aromatic N) is 2. The number of aromatic nitrogens is 2. The van der Waals surface area contributed by atoms with Crippen molar-refractivity contribution in [3.05, 3.63) is 11.7 Å². The van der Waals surface area contributed by atoms with E-state index in [1.54, 1.807) is 7.11 Å². The third kappa shape index (κ3) is 3.34. The number of ether oxygens (including phenoxy) is 1. The highest BCUT2D eigenvalue weighted by molar-refractivity contribution is 4.98. The second-order valence-electron chi connectivity index (χ2n) is 5.79. The first-order chi connectivity index (χ1) is 9.36. The van der Waals surface area contributed by atoms with Crippen molar-refractivity contribution in [1.29, 1.82) is 0 Å². The molecule has 2 atom stereocenters. The first-order valence-corrected chi connectivity index (χ1v) is 7.43. The van der Waals surface area contributed by atoms with Crippen molar-refractivity contribution >= 4 is 0 Å². The lowest BCUT2D eigenvalue weighted by molar-refractivity contribution is 0.0751. The van der Waals surface area contributed by atoms with E-state index >= 15 is 0 Å². The monoisotopic (exact) mass is 265 g/mol. The molecule has 19 heavy (non-hydrogen) atoms. The molecule has 2 fully saturated rings. The smallest absolute Gasteiger partial charge is 0.226 e. The number of nitrogens with one attached hydrogen (secondary N) is 1. The summed E-state index contributed by atoms with van der Waals surface area (Å²) in [7, 11) is 1.73. The summed E-state index contributed by atoms with van der Waals surface area (Å²) in [4.78, 5) is 4.50. The van der Waals surface area contributed by atoms with Crippen LogP contribution in [0, 0.1) is 11.8 Å². The molecule has 1 aromatic rings. The Morgan fingerprint density at radius 1 is 1.42 bits per heavy atom. The number of aryl methyl sites for hydroxylation is 1. The van der Waals surface area contributed by atoms with E-state index in [-0.39, 0.29) is 6.10 Å². The molecule has 2 heterocycles. The Hall–Kier alpha value is -0.940. The molecular weight excluding hydrogens is 242 g/mol. The van der Waals surface area contributed by atoms with Gasteiger partial charge in [0.25, 0.3) is 0 Å². The van der Waals surface area contributed by atoms with Crippen molar-refractivity contribution in [3.63, 3.8) is 0 Å². The van der Waals surface area contributed by atoms with Gasteiger partial charge in [0.15, 0.2) is 0 Å². The Morgan fingerprint density at radius 2 is 2.32 bits per heavy atom. The second-order valence-corrected chi connectivity index (χ2v) is 5.79. The number of rotatable bonds is 6. The molecule has 0 bridgehead atoms. The van der Waals surface area contributed by atoms with Gasteiger partial charge in [0.2, 0.25) is 11.7 Å². The van der Waals surface area contributed by atoms with Crippen LogP contribution in [0.15, 0.2) is 4.52 Å². The van der Waals surface area contributed by atoms with Crippen LogP contribution in [0.2, 0.25) is 0 Å². The maximum Gasteiger partial charge on any atom is 0.226 e. The second kappa shape index (κ2) is 6.01. The lowest BCUT2D eigenvalue weighted by Gasteiger charge is -2.21. The Kier molecular flexibility index (Phi) is 4.13. The standard InChI is InChI=1S/C14H23N3O2/c1-18-13(11-5-6-11)14-16-12(19-17-14)7-4-10-3-2-8-15-9-10/h10-11,13,15H,2-9H2,1H3. The zero-order valence-corrected chi connectivity index (χ0v) is 11.6. The lowest BCUT2D eigenvalue weighted by Crippen LogP contribution is -2.29. The molecule has 1 saturated heterocycles. The van der Waals surface area contributed by atoms with Crippen molar-refractivity contribution in [2.75, 3.05) is 20.2 Å². The van der Waals surface area contributed by atoms with Crippen molar-refractivity contribution in [1.82, 2.24) is 15.5 Å². The van der Waals surface area contributed by atoms with Crippen LogP contribution in [0.25, 0.3) is 0 Å². The molecule has 5 heteroatoms. The van der Waals surface area contributed by atoms with E-state index in [0.29, 0.717) is 5.92 Å². The fourth-order valence-corrected chi connectivity index (χ4v) is 2.89. The van der Waals surface area contributed by atoms with Gasteiger partial charge in [0.1, 0.15) is 6.10 Å². The van der Waals surface area contributed by atoms with Crippen molar-refractivity contribution in [2.45, 2.75) is 44.6 Å². The van der Waals surface area contributed by atoms with Crippen LogP contribution in [-0.4, -0.2) is 30.3 Å². The number of methoxy groups -OCH3 is 1. The Bertz CT molecular complexity index is 397. The van der Waals surface area contributed by atoms with Crippen LogP contribution in [0.5, 0.6) is 0 Å². The quantitative estimate of drug-likeness (QED) is 0.853. The van der Waals surface area contributed by atoms with E-state index in [9.17, 15) is 0 Å². The highest BCUT2D eigenvalue weighted by atomic mass is 16.5. The summed E-state index contributed by atoms with van der Waals surface area (Å²) in [5, 5.41) is 7.53. The molecule has 106 valence electrons. The maximum atomic E-state index is 5.47. The SMILES string of the molecule is COC(c1noc(CCC2CCCNC2)n1)C1CC1. The minimum Gasteiger partial charge on any atom is -0.373 e. The first-order valence-electron chi connectivity index (χ1n) is 7.43. The van der Waals surface area contributed by atoms with Crippen LogP contribution in [0.1, 0.15) is 49.9 Å². The van der Waals surface area contributed by atoms with Gasteiger partial charge in [-0.3, -0.25) is 0 Å². The van der Waals surface area contributed by atoms with Crippen molar-refractivity contribution in [2.24, 2.45) is 11.8 Å². The van der Waals surface area contributed by atoms with E-state index in [0.717, 1.165) is 43.6 Å². The zero-order chi connectivity index (χ0) is 13.1. The van der Waals surface area contributed by atoms with Gasteiger partial charge in [-0.2, -0.15) is 4.98 Å². The Labute approximate surface area is 114 Å². The van der Waals surface area contributed by atoms with E-state index in [4.69, 9.17) is 9.26 Å². The fourth-order valence-electron chi connectivity index (χ4n) is 2.89. The van der Waals surface area contributed by atoms with Gasteiger partial charge in [-0.05, 0) is 57.0 Å². The molecule has 0 aromatic carbocycles. The molecule has 0 amide bonds. The van der Waals surface area contributed by atoms with Crippen LogP contribution in [0.4, 0.5) is 0 Å². The molecule has 2 aliphatic rings. The van der Waals surface area contributed by atoms with Gasteiger partial charge in [-0.1, -0.05) is 5.16 Å². The predicted octanol–water partition coefficient (Wildman–Crippen LogP) is 2.10. The molecule has 1 N–H and O–H groups in total. The van der Waals surface area contributed by atoms with Crippen LogP contribution >= 0.6 is 0 Å². The molecule has 2 unspecified atom stereocenters. The van der Waals surface area contributed by atoms with Gasteiger partial charge >= 0.3 is 0 Å². The van der Waals surface area contributed by atoms with Crippen molar-refractivity contribution in [3.8, 4) is 0 Å². The van der Waals surface area contributed by atoms with Crippen LogP contribution in [0.3, 0.4) is 0 Å². The average Bonchev–Trinajstić information content (AvgIpc) is 3.17. The van der Waals surface area contributed by atoms with Gasteiger partial charge < -0.3 is 14.6 Å². The van der Waals surface area contributed by atoms with Crippen LogP contribution in [-0.2, 0) is 11.2 Å². The fraction of sp³-hybridized carbons (Fsp3) is 0.857. The summed E-state index contributed by atoms with van der Waals surface area (Å²) in [5.74, 6) is 2.86. The normalized spacial score (nSPS) is 25.4. The summed E-state index contributed by atoms with van der Waals surface area (Å²) in [5.41, 5.74) is 0. The van der Waals surface area contributed by atoms with E-state index < -0.39 is 0 Å². The minimum atomic E-state index is 0.0360. The third-order valence-electron chi connectivity index (χ3n) is 4.21. The van der Waals surface area contributed by atoms with E-state index in [1.165, 1.54) is 25.7 Å². The summed E-state index contributed by atoms with van der Waals surface area (Å²) in [6.07, 6.45) is 7.10. The molecule has 0 radical (unpaired) electrons. The highest BCUT2D eigenvalue weighted by Gasteiger charge is 2.35. The third-order valence-corrected chi connectivity index (χ3v) is 4.21. The summed E-state index contributed by atoms with van der Waals surface area (Å²) >= 11 is 0. The summed E-state index contributed by atoms with van der Waals surface area (Å²) in [6, 6.07) is 0. The summed E-state index contributed by atoms with van der Waals surface area (Å²) in [6.45, 7) is 2.29. The molecule has 1 aromatic heterocycles. The highest BCUT2D eigenvalue weighted by Crippen LogP contribution is 2.41. The Morgan fingerprint density at radius 3 is 3.00 bits per heavy atom. The van der Waals surface area contributed by atoms with Gasteiger partial charge in [-0.15, -0.1) is 0 Å². The lowest BCUT2D eigenvalue weighted by atomic mass is 9.95. The Balaban J connectivity index is 1.52. The van der Waals surface area contributed by atoms with Gasteiger partial charge in [0, 0.05) is 13.5 Å². The molecular formula is C14H23N3O2. The average molecular weight is 265 g/mol. The maximum absolute atomic E-state index is 5.47. The minimum absolute atomic E-state index is 0.0360. The van der Waals surface area contributed by atoms with Gasteiger partial charge in [-0.25, -0.2) is 0 Å². The number of hydrogen-bond donors (Lipinski definition) is 1.